The van der Waals surface area contributed by atoms with E-state index in [1.165, 1.54) is 27.0 Å². The molecule has 0 atom stereocenters. The molecule has 0 unspecified atom stereocenters. The van der Waals surface area contributed by atoms with Gasteiger partial charge in [0.15, 0.2) is 0 Å². The van der Waals surface area contributed by atoms with Crippen LogP contribution < -0.4 is 5.46 Å². The van der Waals surface area contributed by atoms with Crippen molar-refractivity contribution in [3.05, 3.63) is 53.0 Å². The quantitative estimate of drug-likeness (QED) is 0.434. The zero-order valence-electron chi connectivity index (χ0n) is 9.00. The van der Waals surface area contributed by atoms with Crippen LogP contribution in [0.25, 0.3) is 21.5 Å². The molecular weight excluding hydrogens is 259 g/mol. The number of hydrogen-bond donors (Lipinski definition) is 0. The Bertz CT molecular complexity index is 628. The van der Waals surface area contributed by atoms with Gasteiger partial charge in [-0.05, 0) is 33.7 Å². The molecule has 3 aromatic carbocycles. The van der Waals surface area contributed by atoms with Crippen molar-refractivity contribution in [2.45, 2.75) is 0 Å². The van der Waals surface area contributed by atoms with Crippen LogP contribution in [-0.2, 0) is 0 Å². The standard InChI is InChI=1S/C14H10BBr/c15-11-5-3-9-1-2-10-4-6-12(16)8-14(10)13(9)7-11/h1-8H,15H2. The molecule has 0 saturated carbocycles. The van der Waals surface area contributed by atoms with Gasteiger partial charge >= 0.3 is 0 Å². The van der Waals surface area contributed by atoms with Crippen LogP contribution in [0, 0.1) is 0 Å². The second-order valence-electron chi connectivity index (χ2n) is 4.16. The molecule has 76 valence electrons. The Morgan fingerprint density at radius 2 is 1.31 bits per heavy atom. The van der Waals surface area contributed by atoms with E-state index in [2.05, 4.69) is 72.3 Å². The lowest BCUT2D eigenvalue weighted by Gasteiger charge is -2.05. The van der Waals surface area contributed by atoms with Gasteiger partial charge in [0.1, 0.15) is 7.85 Å². The van der Waals surface area contributed by atoms with Crippen LogP contribution in [0.1, 0.15) is 0 Å². The highest BCUT2D eigenvalue weighted by Crippen LogP contribution is 2.27. The van der Waals surface area contributed by atoms with E-state index in [9.17, 15) is 0 Å². The normalized spacial score (nSPS) is 11.1. The van der Waals surface area contributed by atoms with Gasteiger partial charge in [0.05, 0.1) is 0 Å². The van der Waals surface area contributed by atoms with Gasteiger partial charge < -0.3 is 0 Å². The Balaban J connectivity index is 2.55. The van der Waals surface area contributed by atoms with E-state index in [0.717, 1.165) is 4.47 Å². The second kappa shape index (κ2) is 3.64. The van der Waals surface area contributed by atoms with Crippen molar-refractivity contribution < 1.29 is 0 Å². The SMILES string of the molecule is Bc1ccc2ccc3ccc(Br)cc3c2c1. The van der Waals surface area contributed by atoms with Crippen molar-refractivity contribution in [3.63, 3.8) is 0 Å². The van der Waals surface area contributed by atoms with Crippen LogP contribution >= 0.6 is 15.9 Å². The second-order valence-corrected chi connectivity index (χ2v) is 5.07. The molecule has 0 heterocycles. The minimum Gasteiger partial charge on any atom is -0.0883 e. The summed E-state index contributed by atoms with van der Waals surface area (Å²) in [6, 6.07) is 17.4. The van der Waals surface area contributed by atoms with E-state index < -0.39 is 0 Å². The zero-order valence-corrected chi connectivity index (χ0v) is 10.6. The first-order chi connectivity index (χ1) is 7.74. The summed E-state index contributed by atoms with van der Waals surface area (Å²) in [5.74, 6) is 0. The maximum Gasteiger partial charge on any atom is 0.139 e. The summed E-state index contributed by atoms with van der Waals surface area (Å²) in [5.41, 5.74) is 1.31. The average molecular weight is 269 g/mol. The van der Waals surface area contributed by atoms with Gasteiger partial charge in [-0.25, -0.2) is 0 Å². The molecule has 0 bridgehead atoms. The minimum absolute atomic E-state index is 1.13. The smallest absolute Gasteiger partial charge is 0.0883 e. The predicted octanol–water partition coefficient (Wildman–Crippen LogP) is 3.01. The molecule has 0 aliphatic heterocycles. The summed E-state index contributed by atoms with van der Waals surface area (Å²) in [6.07, 6.45) is 0. The molecule has 2 heteroatoms. The lowest BCUT2D eigenvalue weighted by Crippen LogP contribution is -1.99. The first-order valence-corrected chi connectivity index (χ1v) is 6.12. The molecule has 3 aromatic rings. The monoisotopic (exact) mass is 268 g/mol. The molecular formula is C14H10BBr. The molecule has 0 spiro atoms. The third-order valence-corrected chi connectivity index (χ3v) is 3.45. The third kappa shape index (κ3) is 1.54. The molecule has 16 heavy (non-hydrogen) atoms. The first kappa shape index (κ1) is 9.92. The van der Waals surface area contributed by atoms with Crippen molar-refractivity contribution in [3.8, 4) is 0 Å². The minimum atomic E-state index is 1.13. The Morgan fingerprint density at radius 1 is 0.750 bits per heavy atom. The molecule has 3 rings (SSSR count). The van der Waals surface area contributed by atoms with Gasteiger partial charge in [-0.15, -0.1) is 0 Å². The maximum absolute atomic E-state index is 3.54. The first-order valence-electron chi connectivity index (χ1n) is 5.33. The number of fused-ring (bicyclic) bond motifs is 3. The number of hydrogen-bond acceptors (Lipinski definition) is 0. The van der Waals surface area contributed by atoms with Crippen LogP contribution in [0.3, 0.4) is 0 Å². The molecule has 0 nitrogen and oxygen atoms in total. The largest absolute Gasteiger partial charge is 0.139 e. The van der Waals surface area contributed by atoms with Crippen LogP contribution in [-0.4, -0.2) is 7.85 Å². The van der Waals surface area contributed by atoms with Gasteiger partial charge in [0, 0.05) is 4.47 Å². The van der Waals surface area contributed by atoms with Crippen LogP contribution in [0.5, 0.6) is 0 Å². The number of halogens is 1. The summed E-state index contributed by atoms with van der Waals surface area (Å²) in [6.45, 7) is 0. The van der Waals surface area contributed by atoms with E-state index in [-0.39, 0.29) is 0 Å². The number of benzene rings is 3. The van der Waals surface area contributed by atoms with Crippen molar-refractivity contribution in [1.82, 2.24) is 0 Å². The van der Waals surface area contributed by atoms with Crippen molar-refractivity contribution in [2.24, 2.45) is 0 Å². The Morgan fingerprint density at radius 3 is 2.06 bits per heavy atom. The average Bonchev–Trinajstić information content (AvgIpc) is 2.29. The zero-order chi connectivity index (χ0) is 11.1. The van der Waals surface area contributed by atoms with Crippen molar-refractivity contribution in [1.29, 1.82) is 0 Å². The fraction of sp³-hybridized carbons (Fsp3) is 0. The van der Waals surface area contributed by atoms with Gasteiger partial charge in [0.25, 0.3) is 0 Å². The molecule has 0 aliphatic rings. The van der Waals surface area contributed by atoms with E-state index in [1.54, 1.807) is 0 Å². The fourth-order valence-electron chi connectivity index (χ4n) is 2.14. The number of rotatable bonds is 0. The topological polar surface area (TPSA) is 0 Å². The molecule has 0 amide bonds. The summed E-state index contributed by atoms with van der Waals surface area (Å²) >= 11 is 3.54. The summed E-state index contributed by atoms with van der Waals surface area (Å²) in [4.78, 5) is 0. The molecule has 0 aliphatic carbocycles. The van der Waals surface area contributed by atoms with Crippen LogP contribution in [0.15, 0.2) is 53.0 Å². The van der Waals surface area contributed by atoms with Crippen molar-refractivity contribution in [2.75, 3.05) is 0 Å². The van der Waals surface area contributed by atoms with E-state index in [0.29, 0.717) is 0 Å². The van der Waals surface area contributed by atoms with Gasteiger partial charge in [-0.1, -0.05) is 57.8 Å². The Labute approximate surface area is 104 Å². The molecule has 0 radical (unpaired) electrons. The lowest BCUT2D eigenvalue weighted by molar-refractivity contribution is 1.73. The van der Waals surface area contributed by atoms with Crippen LogP contribution in [0.2, 0.25) is 0 Å². The third-order valence-electron chi connectivity index (χ3n) is 2.96. The lowest BCUT2D eigenvalue weighted by atomic mass is 9.91. The molecule has 0 saturated heterocycles. The van der Waals surface area contributed by atoms with Crippen LogP contribution in [0.4, 0.5) is 0 Å². The molecule has 0 fully saturated rings. The highest BCUT2D eigenvalue weighted by Gasteiger charge is 2.01. The Hall–Kier alpha value is -1.28. The van der Waals surface area contributed by atoms with Gasteiger partial charge in [-0.3, -0.25) is 0 Å². The van der Waals surface area contributed by atoms with Crippen molar-refractivity contribution >= 4 is 50.8 Å². The van der Waals surface area contributed by atoms with E-state index in [1.807, 2.05) is 0 Å². The molecule has 0 aromatic heterocycles. The highest BCUT2D eigenvalue weighted by molar-refractivity contribution is 9.10. The summed E-state index contributed by atoms with van der Waals surface area (Å²) in [5, 5.41) is 5.24. The highest BCUT2D eigenvalue weighted by atomic mass is 79.9. The summed E-state index contributed by atoms with van der Waals surface area (Å²) in [7, 11) is 2.14. The van der Waals surface area contributed by atoms with Gasteiger partial charge in [0.2, 0.25) is 0 Å². The fourth-order valence-corrected chi connectivity index (χ4v) is 2.50. The predicted molar refractivity (Wildman–Crippen MR) is 77.3 cm³/mol. The van der Waals surface area contributed by atoms with E-state index >= 15 is 0 Å². The molecule has 0 N–H and O–H groups in total. The van der Waals surface area contributed by atoms with Gasteiger partial charge in [-0.2, -0.15) is 0 Å². The maximum atomic E-state index is 3.54. The summed E-state index contributed by atoms with van der Waals surface area (Å²) < 4.78 is 1.13. The van der Waals surface area contributed by atoms with E-state index in [4.69, 9.17) is 0 Å². The Kier molecular flexibility index (Phi) is 2.25.